The van der Waals surface area contributed by atoms with Crippen LogP contribution in [0.4, 0.5) is 0 Å². The molecule has 1 saturated heterocycles. The number of hydrogen-bond donors (Lipinski definition) is 1. The third kappa shape index (κ3) is 3.00. The first kappa shape index (κ1) is 15.8. The molecular weight excluding hydrogens is 320 g/mol. The molecule has 130 valence electrons. The summed E-state index contributed by atoms with van der Waals surface area (Å²) in [5.74, 6) is 1.33. The van der Waals surface area contributed by atoms with Crippen LogP contribution in [0.2, 0.25) is 0 Å². The molecule has 0 radical (unpaired) electrons. The molecule has 1 aliphatic rings. The number of nitrogens with zero attached hydrogens (tertiary/aromatic N) is 5. The molecule has 4 rings (SSSR count). The lowest BCUT2D eigenvalue weighted by molar-refractivity contribution is 0.0599. The molecule has 4 heterocycles. The number of ether oxygens (including phenoxy) is 1. The predicted molar refractivity (Wildman–Crippen MR) is 89.9 cm³/mol. The van der Waals surface area contributed by atoms with Crippen LogP contribution >= 0.6 is 0 Å². The molecule has 1 fully saturated rings. The molecule has 25 heavy (non-hydrogen) atoms. The first-order valence-electron chi connectivity index (χ1n) is 8.39. The molecule has 0 saturated carbocycles. The summed E-state index contributed by atoms with van der Waals surface area (Å²) in [7, 11) is 1.62. The monoisotopic (exact) mass is 340 g/mol. The van der Waals surface area contributed by atoms with Crippen molar-refractivity contribution < 1.29 is 9.53 Å². The number of hydrogen-bond acceptors (Lipinski definition) is 5. The third-order valence-electron chi connectivity index (χ3n) is 4.55. The highest BCUT2D eigenvalue weighted by Gasteiger charge is 2.31. The molecule has 0 spiro atoms. The molecule has 0 unspecified atom stereocenters. The third-order valence-corrected chi connectivity index (χ3v) is 4.55. The Labute approximate surface area is 144 Å². The average Bonchev–Trinajstić information content (AvgIpc) is 3.30. The van der Waals surface area contributed by atoms with Gasteiger partial charge in [-0.15, -0.1) is 0 Å². The maximum atomic E-state index is 13.1. The Morgan fingerprint density at radius 1 is 1.40 bits per heavy atom. The van der Waals surface area contributed by atoms with Crippen LogP contribution in [0.15, 0.2) is 30.9 Å². The van der Waals surface area contributed by atoms with E-state index in [1.54, 1.807) is 19.6 Å². The van der Waals surface area contributed by atoms with Gasteiger partial charge >= 0.3 is 0 Å². The lowest BCUT2D eigenvalue weighted by atomic mass is 10.0. The van der Waals surface area contributed by atoms with E-state index in [0.29, 0.717) is 30.4 Å². The fourth-order valence-electron chi connectivity index (χ4n) is 3.32. The van der Waals surface area contributed by atoms with E-state index >= 15 is 0 Å². The molecule has 1 aliphatic heterocycles. The summed E-state index contributed by atoms with van der Waals surface area (Å²) in [6.45, 7) is 1.09. The Morgan fingerprint density at radius 3 is 3.20 bits per heavy atom. The van der Waals surface area contributed by atoms with E-state index in [1.165, 1.54) is 0 Å². The minimum Gasteiger partial charge on any atom is -0.377 e. The first-order chi connectivity index (χ1) is 12.3. The van der Waals surface area contributed by atoms with Crippen molar-refractivity contribution in [3.63, 3.8) is 0 Å². The van der Waals surface area contributed by atoms with Crippen LogP contribution in [-0.2, 0) is 11.3 Å². The van der Waals surface area contributed by atoms with E-state index in [9.17, 15) is 4.79 Å². The number of fused-ring (bicyclic) bond motifs is 1. The van der Waals surface area contributed by atoms with Gasteiger partial charge in [0, 0.05) is 19.9 Å². The summed E-state index contributed by atoms with van der Waals surface area (Å²) < 4.78 is 6.94. The van der Waals surface area contributed by atoms with Crippen LogP contribution in [0.3, 0.4) is 0 Å². The van der Waals surface area contributed by atoms with E-state index in [-0.39, 0.29) is 11.9 Å². The minimum atomic E-state index is -0.110. The minimum absolute atomic E-state index is 0.00149. The number of piperidine rings is 1. The first-order valence-corrected chi connectivity index (χ1v) is 8.39. The van der Waals surface area contributed by atoms with Gasteiger partial charge in [-0.1, -0.05) is 0 Å². The molecule has 0 aliphatic carbocycles. The van der Waals surface area contributed by atoms with Crippen LogP contribution in [0.1, 0.15) is 47.3 Å². The maximum absolute atomic E-state index is 13.1. The number of aromatic amines is 1. The Morgan fingerprint density at radius 2 is 2.32 bits per heavy atom. The van der Waals surface area contributed by atoms with Gasteiger partial charge in [0.2, 0.25) is 0 Å². The fraction of sp³-hybridized carbons (Fsp3) is 0.412. The van der Waals surface area contributed by atoms with Gasteiger partial charge in [-0.05, 0) is 31.4 Å². The van der Waals surface area contributed by atoms with Crippen molar-refractivity contribution in [3.05, 3.63) is 48.1 Å². The van der Waals surface area contributed by atoms with Gasteiger partial charge in [-0.25, -0.2) is 9.97 Å². The molecule has 1 N–H and O–H groups in total. The van der Waals surface area contributed by atoms with Crippen molar-refractivity contribution >= 4 is 11.4 Å². The zero-order valence-electron chi connectivity index (χ0n) is 14.1. The highest BCUT2D eigenvalue weighted by molar-refractivity contribution is 5.94. The normalized spacial score (nSPS) is 18.0. The number of carbonyl (C=O) groups is 1. The van der Waals surface area contributed by atoms with Gasteiger partial charge in [-0.3, -0.25) is 9.89 Å². The predicted octanol–water partition coefficient (Wildman–Crippen LogP) is 1.97. The van der Waals surface area contributed by atoms with Crippen molar-refractivity contribution in [1.29, 1.82) is 0 Å². The van der Waals surface area contributed by atoms with Gasteiger partial charge < -0.3 is 14.0 Å². The quantitative estimate of drug-likeness (QED) is 0.784. The van der Waals surface area contributed by atoms with E-state index in [4.69, 9.17) is 4.74 Å². The van der Waals surface area contributed by atoms with Crippen molar-refractivity contribution in [2.75, 3.05) is 13.7 Å². The molecule has 8 heteroatoms. The Bertz CT molecular complexity index is 886. The lowest BCUT2D eigenvalue weighted by Crippen LogP contribution is -2.39. The van der Waals surface area contributed by atoms with E-state index in [1.807, 2.05) is 27.6 Å². The largest absolute Gasteiger partial charge is 0.377 e. The maximum Gasteiger partial charge on any atom is 0.255 e. The van der Waals surface area contributed by atoms with Gasteiger partial charge in [0.1, 0.15) is 6.61 Å². The van der Waals surface area contributed by atoms with Crippen LogP contribution in [0.5, 0.6) is 0 Å². The number of carbonyl (C=O) groups excluding carboxylic acids is 1. The number of pyridine rings is 1. The number of nitrogens with one attached hydrogen (secondary N) is 1. The highest BCUT2D eigenvalue weighted by Crippen LogP contribution is 2.30. The number of methoxy groups -OCH3 is 1. The van der Waals surface area contributed by atoms with Gasteiger partial charge in [0.15, 0.2) is 11.6 Å². The lowest BCUT2D eigenvalue weighted by Gasteiger charge is -2.34. The fourth-order valence-corrected chi connectivity index (χ4v) is 3.32. The molecule has 0 bridgehead atoms. The van der Waals surface area contributed by atoms with E-state index in [2.05, 4.69) is 20.2 Å². The number of imidazole rings is 1. The smallest absolute Gasteiger partial charge is 0.255 e. The summed E-state index contributed by atoms with van der Waals surface area (Å²) in [4.78, 5) is 23.5. The number of likely N-dealkylation sites (tertiary alicyclic amines) is 1. The highest BCUT2D eigenvalue weighted by atomic mass is 16.5. The second-order valence-corrected chi connectivity index (χ2v) is 6.23. The van der Waals surface area contributed by atoms with Crippen molar-refractivity contribution in [2.45, 2.75) is 31.9 Å². The zero-order valence-corrected chi connectivity index (χ0v) is 14.1. The summed E-state index contributed by atoms with van der Waals surface area (Å²) in [5, 5.41) is 7.19. The number of H-pyrrole nitrogens is 1. The number of aromatic nitrogens is 5. The SMILES string of the molecule is COCc1nc([C@H]2CCCCN2C(=O)c2ccc3cncn3c2)n[nH]1. The molecule has 0 aromatic carbocycles. The van der Waals surface area contributed by atoms with Gasteiger partial charge in [0.25, 0.3) is 5.91 Å². The molecule has 3 aromatic rings. The summed E-state index contributed by atoms with van der Waals surface area (Å²) in [6, 6.07) is 3.64. The van der Waals surface area contributed by atoms with E-state index in [0.717, 1.165) is 24.8 Å². The average molecular weight is 340 g/mol. The molecular formula is C17H20N6O2. The molecule has 8 nitrogen and oxygen atoms in total. The molecule has 3 aromatic heterocycles. The number of amides is 1. The van der Waals surface area contributed by atoms with Crippen LogP contribution < -0.4 is 0 Å². The number of rotatable bonds is 4. The Kier molecular flexibility index (Phi) is 4.19. The topological polar surface area (TPSA) is 88.4 Å². The van der Waals surface area contributed by atoms with Crippen LogP contribution in [-0.4, -0.2) is 49.0 Å². The Hall–Kier alpha value is -2.74. The van der Waals surface area contributed by atoms with Gasteiger partial charge in [-0.2, -0.15) is 5.10 Å². The molecule has 1 atom stereocenters. The van der Waals surface area contributed by atoms with E-state index < -0.39 is 0 Å². The second kappa shape index (κ2) is 6.64. The summed E-state index contributed by atoms with van der Waals surface area (Å²) >= 11 is 0. The second-order valence-electron chi connectivity index (χ2n) is 6.23. The zero-order chi connectivity index (χ0) is 17.2. The van der Waals surface area contributed by atoms with Crippen molar-refractivity contribution in [3.8, 4) is 0 Å². The van der Waals surface area contributed by atoms with Crippen LogP contribution in [0, 0.1) is 0 Å². The summed E-state index contributed by atoms with van der Waals surface area (Å²) in [6.07, 6.45) is 8.21. The van der Waals surface area contributed by atoms with Crippen molar-refractivity contribution in [2.24, 2.45) is 0 Å². The molecule has 1 amide bonds. The van der Waals surface area contributed by atoms with Gasteiger partial charge in [0.05, 0.1) is 29.6 Å². The Balaban J connectivity index is 1.61. The summed E-state index contributed by atoms with van der Waals surface area (Å²) in [5.41, 5.74) is 1.61. The standard InChI is InChI=1S/C17H20N6O2/c1-25-10-15-19-16(21-20-15)14-4-2-3-7-23(14)17(24)12-5-6-13-8-18-11-22(13)9-12/h5-6,8-9,11,14H,2-4,7,10H2,1H3,(H,19,20,21)/t14-/m1/s1. The van der Waals surface area contributed by atoms with Crippen LogP contribution in [0.25, 0.3) is 5.52 Å². The van der Waals surface area contributed by atoms with Crippen molar-refractivity contribution in [1.82, 2.24) is 29.5 Å².